The molecule has 0 radical (unpaired) electrons. The van der Waals surface area contributed by atoms with Crippen LogP contribution in [0.2, 0.25) is 0 Å². The Morgan fingerprint density at radius 3 is 3.20 bits per heavy atom. The molecule has 0 spiro atoms. The number of rotatable bonds is 2. The second kappa shape index (κ2) is 3.61. The number of amides is 1. The van der Waals surface area contributed by atoms with E-state index in [-0.39, 0.29) is 11.2 Å². The van der Waals surface area contributed by atoms with Gasteiger partial charge >= 0.3 is 0 Å². The van der Waals surface area contributed by atoms with Gasteiger partial charge in [-0.3, -0.25) is 4.79 Å². The summed E-state index contributed by atoms with van der Waals surface area (Å²) in [6, 6.07) is 0. The molecule has 1 fully saturated rings. The van der Waals surface area contributed by atoms with Crippen LogP contribution in [0.3, 0.4) is 0 Å². The number of carbonyl (C=O) groups excluding carboxylic acids is 2. The molecule has 0 saturated carbocycles. The number of nitrogens with one attached hydrogen (secondary N) is 1. The second-order valence-electron chi connectivity index (χ2n) is 2.05. The van der Waals surface area contributed by atoms with Gasteiger partial charge in [0.05, 0.1) is 5.25 Å². The van der Waals surface area contributed by atoms with Gasteiger partial charge in [0, 0.05) is 18.7 Å². The van der Waals surface area contributed by atoms with Gasteiger partial charge in [-0.1, -0.05) is 0 Å². The molecule has 4 heteroatoms. The molecule has 0 aromatic heterocycles. The third-order valence-corrected chi connectivity index (χ3v) is 2.57. The Labute approximate surface area is 63.6 Å². The SMILES string of the molecule is O=CCC1SCCNC1=O. The Morgan fingerprint density at radius 1 is 1.80 bits per heavy atom. The summed E-state index contributed by atoms with van der Waals surface area (Å²) in [5, 5.41) is 2.57. The molecule has 0 aliphatic carbocycles. The fourth-order valence-electron chi connectivity index (χ4n) is 0.827. The first-order chi connectivity index (χ1) is 4.84. The van der Waals surface area contributed by atoms with E-state index in [9.17, 15) is 9.59 Å². The molecule has 1 heterocycles. The number of hydrogen-bond acceptors (Lipinski definition) is 3. The molecular formula is C6H9NO2S. The smallest absolute Gasteiger partial charge is 0.233 e. The molecule has 1 rings (SSSR count). The monoisotopic (exact) mass is 159 g/mol. The second-order valence-corrected chi connectivity index (χ2v) is 3.36. The molecule has 1 aliphatic rings. The molecule has 1 atom stereocenters. The van der Waals surface area contributed by atoms with Crippen LogP contribution in [0, 0.1) is 0 Å². The maximum Gasteiger partial charge on any atom is 0.233 e. The molecule has 1 amide bonds. The number of aldehydes is 1. The minimum atomic E-state index is -0.133. The van der Waals surface area contributed by atoms with E-state index in [4.69, 9.17) is 0 Å². The zero-order valence-electron chi connectivity index (χ0n) is 5.50. The van der Waals surface area contributed by atoms with Crippen molar-refractivity contribution in [2.75, 3.05) is 12.3 Å². The Hall–Kier alpha value is -0.510. The van der Waals surface area contributed by atoms with Crippen molar-refractivity contribution in [3.05, 3.63) is 0 Å². The fraction of sp³-hybridized carbons (Fsp3) is 0.667. The summed E-state index contributed by atoms with van der Waals surface area (Å²) in [6.07, 6.45) is 1.14. The van der Waals surface area contributed by atoms with Crippen LogP contribution in [0.25, 0.3) is 0 Å². The summed E-state index contributed by atoms with van der Waals surface area (Å²) in [7, 11) is 0. The molecule has 3 nitrogen and oxygen atoms in total. The molecule has 1 aliphatic heterocycles. The fourth-order valence-corrected chi connectivity index (χ4v) is 1.78. The summed E-state index contributed by atoms with van der Waals surface area (Å²) in [4.78, 5) is 20.9. The Bertz CT molecular complexity index is 149. The van der Waals surface area contributed by atoms with E-state index >= 15 is 0 Å². The van der Waals surface area contributed by atoms with Crippen LogP contribution in [-0.4, -0.2) is 29.7 Å². The summed E-state index contributed by atoms with van der Waals surface area (Å²) >= 11 is 1.55. The summed E-state index contributed by atoms with van der Waals surface area (Å²) in [5.74, 6) is 0.924. The largest absolute Gasteiger partial charge is 0.354 e. The maximum atomic E-state index is 10.9. The third kappa shape index (κ3) is 1.73. The highest BCUT2D eigenvalue weighted by Crippen LogP contribution is 2.16. The number of carbonyl (C=O) groups is 2. The summed E-state index contributed by atoms with van der Waals surface area (Å²) in [6.45, 7) is 0.735. The lowest BCUT2D eigenvalue weighted by atomic mass is 10.3. The van der Waals surface area contributed by atoms with Gasteiger partial charge in [0.1, 0.15) is 6.29 Å². The van der Waals surface area contributed by atoms with E-state index in [1.54, 1.807) is 11.8 Å². The average molecular weight is 159 g/mol. The zero-order valence-corrected chi connectivity index (χ0v) is 6.32. The molecule has 1 unspecified atom stereocenters. The van der Waals surface area contributed by atoms with Crippen molar-refractivity contribution < 1.29 is 9.59 Å². The minimum Gasteiger partial charge on any atom is -0.354 e. The summed E-state index contributed by atoms with van der Waals surface area (Å²) in [5.41, 5.74) is 0. The van der Waals surface area contributed by atoms with Crippen LogP contribution >= 0.6 is 11.8 Å². The van der Waals surface area contributed by atoms with E-state index in [0.717, 1.165) is 18.6 Å². The Balaban J connectivity index is 2.39. The van der Waals surface area contributed by atoms with Gasteiger partial charge < -0.3 is 10.1 Å². The van der Waals surface area contributed by atoms with Crippen LogP contribution in [-0.2, 0) is 9.59 Å². The lowest BCUT2D eigenvalue weighted by Crippen LogP contribution is -2.39. The highest BCUT2D eigenvalue weighted by Gasteiger charge is 2.21. The van der Waals surface area contributed by atoms with Crippen LogP contribution in [0.15, 0.2) is 0 Å². The summed E-state index contributed by atoms with van der Waals surface area (Å²) < 4.78 is 0. The predicted molar refractivity (Wildman–Crippen MR) is 39.9 cm³/mol. The molecule has 56 valence electrons. The number of thioether (sulfide) groups is 1. The third-order valence-electron chi connectivity index (χ3n) is 1.32. The molecule has 0 bridgehead atoms. The first kappa shape index (κ1) is 7.60. The lowest BCUT2D eigenvalue weighted by molar-refractivity contribution is -0.122. The van der Waals surface area contributed by atoms with E-state index < -0.39 is 0 Å². The van der Waals surface area contributed by atoms with Crippen molar-refractivity contribution in [2.45, 2.75) is 11.7 Å². The molecule has 10 heavy (non-hydrogen) atoms. The van der Waals surface area contributed by atoms with Crippen molar-refractivity contribution in [3.63, 3.8) is 0 Å². The highest BCUT2D eigenvalue weighted by molar-refractivity contribution is 8.00. The quantitative estimate of drug-likeness (QED) is 0.568. The van der Waals surface area contributed by atoms with Gasteiger partial charge in [0.2, 0.25) is 5.91 Å². The molecule has 1 saturated heterocycles. The van der Waals surface area contributed by atoms with Crippen LogP contribution in [0.4, 0.5) is 0 Å². The van der Waals surface area contributed by atoms with Crippen LogP contribution < -0.4 is 5.32 Å². The van der Waals surface area contributed by atoms with Gasteiger partial charge in [-0.2, -0.15) is 0 Å². The zero-order chi connectivity index (χ0) is 7.40. The van der Waals surface area contributed by atoms with Gasteiger partial charge in [0.25, 0.3) is 0 Å². The first-order valence-electron chi connectivity index (χ1n) is 3.17. The van der Waals surface area contributed by atoms with Crippen LogP contribution in [0.1, 0.15) is 6.42 Å². The van der Waals surface area contributed by atoms with E-state index in [2.05, 4.69) is 5.32 Å². The predicted octanol–water partition coefficient (Wildman–Crippen LogP) is -0.193. The molecule has 0 aromatic carbocycles. The van der Waals surface area contributed by atoms with E-state index in [1.165, 1.54) is 0 Å². The van der Waals surface area contributed by atoms with Crippen molar-refractivity contribution in [3.8, 4) is 0 Å². The van der Waals surface area contributed by atoms with Gasteiger partial charge in [-0.25, -0.2) is 0 Å². The van der Waals surface area contributed by atoms with Crippen molar-refractivity contribution in [1.82, 2.24) is 5.32 Å². The first-order valence-corrected chi connectivity index (χ1v) is 4.22. The van der Waals surface area contributed by atoms with Gasteiger partial charge in [0.15, 0.2) is 0 Å². The maximum absolute atomic E-state index is 10.9. The van der Waals surface area contributed by atoms with E-state index in [1.807, 2.05) is 0 Å². The molecule has 0 aromatic rings. The highest BCUT2D eigenvalue weighted by atomic mass is 32.2. The van der Waals surface area contributed by atoms with E-state index in [0.29, 0.717) is 6.42 Å². The topological polar surface area (TPSA) is 46.2 Å². The standard InChI is InChI=1S/C6H9NO2S/c8-3-1-5-6(9)7-2-4-10-5/h3,5H,1-2,4H2,(H,7,9). The van der Waals surface area contributed by atoms with Gasteiger partial charge in [-0.15, -0.1) is 11.8 Å². The number of hydrogen-bond donors (Lipinski definition) is 1. The Morgan fingerprint density at radius 2 is 2.60 bits per heavy atom. The lowest BCUT2D eigenvalue weighted by Gasteiger charge is -2.18. The molecule has 1 N–H and O–H groups in total. The average Bonchev–Trinajstić information content (AvgIpc) is 1.94. The normalized spacial score (nSPS) is 25.6. The minimum absolute atomic E-state index is 0.00310. The van der Waals surface area contributed by atoms with Crippen molar-refractivity contribution in [2.24, 2.45) is 0 Å². The van der Waals surface area contributed by atoms with Crippen molar-refractivity contribution >= 4 is 24.0 Å². The Kier molecular flexibility index (Phi) is 2.74. The molecular weight excluding hydrogens is 150 g/mol. The van der Waals surface area contributed by atoms with Crippen LogP contribution in [0.5, 0.6) is 0 Å². The van der Waals surface area contributed by atoms with Gasteiger partial charge in [-0.05, 0) is 0 Å². The van der Waals surface area contributed by atoms with Crippen molar-refractivity contribution in [1.29, 1.82) is 0 Å².